The molecule has 1 amide bonds. The number of thioether (sulfide) groups is 1. The van der Waals surface area contributed by atoms with E-state index in [-0.39, 0.29) is 36.3 Å². The van der Waals surface area contributed by atoms with Gasteiger partial charge in [-0.05, 0) is 58.1 Å². The van der Waals surface area contributed by atoms with E-state index in [0.29, 0.717) is 12.1 Å². The molecule has 7 nitrogen and oxygen atoms in total. The van der Waals surface area contributed by atoms with Crippen LogP contribution < -0.4 is 5.32 Å². The Bertz CT molecular complexity index is 2020. The Hall–Kier alpha value is -4.86. The Kier molecular flexibility index (Phi) is 10.1. The lowest BCUT2D eigenvalue weighted by atomic mass is 9.91. The maximum absolute atomic E-state index is 12.9. The standard InChI is InChI=1S/C41H37N3O4S/c1-27-38(26-49-34-10-3-2-4-11-34)47-41(48-39(27)31-16-14-28(25-45)15-17-31)32-20-18-30(19-21-32)33-9-7-8-29(22-33)23-43-40(46)37-24-42-35-12-5-6-13-36(35)44-37/h2-22,24,27,38-39,41,45H,23,25-26H2,1H3,(H,43,46). The quantitative estimate of drug-likeness (QED) is 0.142. The SMILES string of the molecule is CC1C(CSc2ccccc2)OC(c2ccc(-c3cccc(CNC(=O)c4cnc5ccccc5n4)c3)cc2)OC1c1ccc(CO)cc1. The summed E-state index contributed by atoms with van der Waals surface area (Å²) in [5, 5.41) is 12.5. The van der Waals surface area contributed by atoms with Crippen molar-refractivity contribution in [2.45, 2.75) is 43.5 Å². The molecule has 0 spiro atoms. The van der Waals surface area contributed by atoms with Crippen LogP contribution in [0.3, 0.4) is 0 Å². The molecule has 4 atom stereocenters. The molecule has 5 aromatic carbocycles. The van der Waals surface area contributed by atoms with Gasteiger partial charge in [0.2, 0.25) is 0 Å². The number of amides is 1. The third kappa shape index (κ3) is 7.74. The molecule has 0 radical (unpaired) electrons. The highest BCUT2D eigenvalue weighted by atomic mass is 32.2. The molecule has 1 saturated heterocycles. The van der Waals surface area contributed by atoms with Gasteiger partial charge < -0.3 is 19.9 Å². The molecule has 1 aliphatic heterocycles. The number of aromatic nitrogens is 2. The third-order valence-corrected chi connectivity index (χ3v) is 9.96. The second-order valence-electron chi connectivity index (χ2n) is 12.2. The number of hydrogen-bond acceptors (Lipinski definition) is 7. The maximum Gasteiger partial charge on any atom is 0.271 e. The number of aliphatic hydroxyl groups excluding tert-OH is 1. The van der Waals surface area contributed by atoms with E-state index in [9.17, 15) is 9.90 Å². The molecule has 4 unspecified atom stereocenters. The summed E-state index contributed by atoms with van der Waals surface area (Å²) >= 11 is 1.79. The van der Waals surface area contributed by atoms with Gasteiger partial charge in [0, 0.05) is 28.7 Å². The molecule has 246 valence electrons. The van der Waals surface area contributed by atoms with E-state index in [1.54, 1.807) is 11.8 Å². The van der Waals surface area contributed by atoms with Gasteiger partial charge in [-0.3, -0.25) is 9.78 Å². The number of rotatable bonds is 10. The van der Waals surface area contributed by atoms with Crippen LogP contribution in [-0.4, -0.2) is 32.8 Å². The molecule has 6 aromatic rings. The van der Waals surface area contributed by atoms with E-state index in [0.717, 1.165) is 44.7 Å². The van der Waals surface area contributed by atoms with Gasteiger partial charge >= 0.3 is 0 Å². The zero-order valence-corrected chi connectivity index (χ0v) is 27.9. The van der Waals surface area contributed by atoms with E-state index in [2.05, 4.69) is 82.9 Å². The molecular weight excluding hydrogens is 631 g/mol. The monoisotopic (exact) mass is 667 g/mol. The van der Waals surface area contributed by atoms with E-state index in [4.69, 9.17) is 9.47 Å². The smallest absolute Gasteiger partial charge is 0.271 e. The average molecular weight is 668 g/mol. The van der Waals surface area contributed by atoms with Gasteiger partial charge in [-0.15, -0.1) is 11.8 Å². The fourth-order valence-electron chi connectivity index (χ4n) is 6.04. The van der Waals surface area contributed by atoms with Crippen molar-refractivity contribution in [1.29, 1.82) is 0 Å². The summed E-state index contributed by atoms with van der Waals surface area (Å²) in [5.74, 6) is 0.645. The lowest BCUT2D eigenvalue weighted by Gasteiger charge is -2.41. The number of ether oxygens (including phenoxy) is 2. The van der Waals surface area contributed by atoms with Crippen LogP contribution in [0.15, 0.2) is 138 Å². The molecule has 0 bridgehead atoms. The average Bonchev–Trinajstić information content (AvgIpc) is 3.17. The third-order valence-electron chi connectivity index (χ3n) is 8.86. The summed E-state index contributed by atoms with van der Waals surface area (Å²) in [6, 6.07) is 42.3. The number of hydrogen-bond donors (Lipinski definition) is 2. The van der Waals surface area contributed by atoms with Crippen molar-refractivity contribution in [1.82, 2.24) is 15.3 Å². The van der Waals surface area contributed by atoms with E-state index in [1.807, 2.05) is 66.7 Å². The van der Waals surface area contributed by atoms with Crippen molar-refractivity contribution in [2.24, 2.45) is 5.92 Å². The summed E-state index contributed by atoms with van der Waals surface area (Å²) in [6.07, 6.45) is 0.766. The van der Waals surface area contributed by atoms with Crippen LogP contribution in [0.25, 0.3) is 22.2 Å². The fraction of sp³-hybridized carbons (Fsp3) is 0.195. The second kappa shape index (κ2) is 15.1. The summed E-state index contributed by atoms with van der Waals surface area (Å²) in [4.78, 5) is 22.9. The number of nitrogens with zero attached hydrogens (tertiary/aromatic N) is 2. The molecule has 0 aliphatic carbocycles. The van der Waals surface area contributed by atoms with Crippen molar-refractivity contribution in [3.63, 3.8) is 0 Å². The van der Waals surface area contributed by atoms with Gasteiger partial charge in [0.1, 0.15) is 5.69 Å². The first kappa shape index (κ1) is 32.7. The van der Waals surface area contributed by atoms with Crippen LogP contribution in [0.5, 0.6) is 0 Å². The molecule has 0 saturated carbocycles. The van der Waals surface area contributed by atoms with Gasteiger partial charge in [-0.2, -0.15) is 0 Å². The van der Waals surface area contributed by atoms with Crippen molar-refractivity contribution in [3.05, 3.63) is 162 Å². The molecule has 8 heteroatoms. The predicted molar refractivity (Wildman–Crippen MR) is 193 cm³/mol. The summed E-state index contributed by atoms with van der Waals surface area (Å²) in [6.45, 7) is 2.56. The van der Waals surface area contributed by atoms with Gasteiger partial charge in [0.15, 0.2) is 6.29 Å². The normalized spacial score (nSPS) is 19.1. The highest BCUT2D eigenvalue weighted by molar-refractivity contribution is 7.99. The number of aliphatic hydroxyl groups is 1. The van der Waals surface area contributed by atoms with Crippen molar-refractivity contribution in [3.8, 4) is 11.1 Å². The van der Waals surface area contributed by atoms with Gasteiger partial charge in [-0.1, -0.05) is 104 Å². The molecule has 1 aliphatic rings. The number of fused-ring (bicyclic) bond motifs is 1. The number of nitrogens with one attached hydrogen (secondary N) is 1. The minimum Gasteiger partial charge on any atom is -0.392 e. The Labute approximate surface area is 290 Å². The van der Waals surface area contributed by atoms with Crippen LogP contribution in [0.4, 0.5) is 0 Å². The Balaban J connectivity index is 1.05. The van der Waals surface area contributed by atoms with Gasteiger partial charge in [-0.25, -0.2) is 4.98 Å². The minimum absolute atomic E-state index is 0.00778. The fourth-order valence-corrected chi connectivity index (χ4v) is 7.13. The highest BCUT2D eigenvalue weighted by Crippen LogP contribution is 2.43. The molecule has 2 N–H and O–H groups in total. The Morgan fingerprint density at radius 3 is 2.29 bits per heavy atom. The lowest BCUT2D eigenvalue weighted by molar-refractivity contribution is -0.268. The molecule has 1 fully saturated rings. The summed E-state index contributed by atoms with van der Waals surface area (Å²) in [7, 11) is 0. The predicted octanol–water partition coefficient (Wildman–Crippen LogP) is 8.30. The van der Waals surface area contributed by atoms with Gasteiger partial charge in [0.05, 0.1) is 36.0 Å². The maximum atomic E-state index is 12.9. The first-order valence-electron chi connectivity index (χ1n) is 16.4. The zero-order valence-electron chi connectivity index (χ0n) is 27.1. The van der Waals surface area contributed by atoms with Crippen LogP contribution >= 0.6 is 11.8 Å². The molecular formula is C41H37N3O4S. The van der Waals surface area contributed by atoms with Crippen molar-refractivity contribution < 1.29 is 19.4 Å². The zero-order chi connectivity index (χ0) is 33.6. The summed E-state index contributed by atoms with van der Waals surface area (Å²) in [5.41, 5.74) is 7.69. The van der Waals surface area contributed by atoms with Crippen LogP contribution in [0.1, 0.15) is 52.1 Å². The Morgan fingerprint density at radius 2 is 1.51 bits per heavy atom. The summed E-state index contributed by atoms with van der Waals surface area (Å²) < 4.78 is 13.3. The first-order valence-corrected chi connectivity index (χ1v) is 17.4. The molecule has 1 aromatic heterocycles. The molecule has 49 heavy (non-hydrogen) atoms. The molecule has 7 rings (SSSR count). The number of para-hydroxylation sites is 2. The Morgan fingerprint density at radius 1 is 0.776 bits per heavy atom. The largest absolute Gasteiger partial charge is 0.392 e. The molecule has 2 heterocycles. The second-order valence-corrected chi connectivity index (χ2v) is 13.3. The number of benzene rings is 5. The minimum atomic E-state index is -0.533. The van der Waals surface area contributed by atoms with Crippen LogP contribution in [-0.2, 0) is 22.6 Å². The van der Waals surface area contributed by atoms with E-state index in [1.165, 1.54) is 11.1 Å². The lowest BCUT2D eigenvalue weighted by Crippen LogP contribution is -2.38. The highest BCUT2D eigenvalue weighted by Gasteiger charge is 2.38. The van der Waals surface area contributed by atoms with E-state index >= 15 is 0 Å². The first-order chi connectivity index (χ1) is 24.0. The van der Waals surface area contributed by atoms with Crippen LogP contribution in [0.2, 0.25) is 0 Å². The van der Waals surface area contributed by atoms with Crippen molar-refractivity contribution >= 4 is 28.7 Å². The van der Waals surface area contributed by atoms with E-state index < -0.39 is 6.29 Å². The number of carbonyl (C=O) groups is 1. The van der Waals surface area contributed by atoms with Crippen LogP contribution in [0, 0.1) is 5.92 Å². The van der Waals surface area contributed by atoms with Crippen molar-refractivity contribution in [2.75, 3.05) is 5.75 Å². The van der Waals surface area contributed by atoms with Gasteiger partial charge in [0.25, 0.3) is 5.91 Å². The topological polar surface area (TPSA) is 93.6 Å². The number of carbonyl (C=O) groups excluding carboxylic acids is 1.